The Labute approximate surface area is 194 Å². The lowest BCUT2D eigenvalue weighted by Gasteiger charge is -2.33. The summed E-state index contributed by atoms with van der Waals surface area (Å²) in [6.45, 7) is 9.37. The molecule has 7 heteroatoms. The Kier molecular flexibility index (Phi) is 8.78. The molecule has 2 amide bonds. The number of para-hydroxylation sites is 1. The van der Waals surface area contributed by atoms with E-state index in [1.165, 1.54) is 4.90 Å². The van der Waals surface area contributed by atoms with Crippen LogP contribution in [0.3, 0.4) is 0 Å². The van der Waals surface area contributed by atoms with Crippen molar-refractivity contribution in [1.29, 1.82) is 0 Å². The second-order valence-corrected chi connectivity index (χ2v) is 9.25. The minimum atomic E-state index is -0.695. The maximum atomic E-state index is 13.3. The second kappa shape index (κ2) is 10.9. The van der Waals surface area contributed by atoms with Crippen LogP contribution in [0.4, 0.5) is 0 Å². The average Bonchev–Trinajstić information content (AvgIpc) is 2.67. The molecule has 0 saturated carbocycles. The van der Waals surface area contributed by atoms with E-state index >= 15 is 0 Å². The molecule has 2 aromatic rings. The topological polar surface area (TPSA) is 58.6 Å². The third-order valence-electron chi connectivity index (χ3n) is 4.72. The average molecular weight is 465 g/mol. The van der Waals surface area contributed by atoms with Crippen LogP contribution in [0, 0.1) is 6.92 Å². The van der Waals surface area contributed by atoms with Gasteiger partial charge in [0, 0.05) is 27.7 Å². The standard InChI is InChI=1S/C24H30Cl2N2O3/c1-6-20(23(30)27-24(3,4)5)28(14-17-18(25)11-9-12-19(17)26)22(29)15-31-21-13-8-7-10-16(21)2/h7-13,20H,6,14-15H2,1-5H3,(H,27,30)/t20-/m1/s1. The number of nitrogens with zero attached hydrogens (tertiary/aromatic N) is 1. The van der Waals surface area contributed by atoms with Crippen LogP contribution < -0.4 is 10.1 Å². The summed E-state index contributed by atoms with van der Waals surface area (Å²) in [4.78, 5) is 27.8. The van der Waals surface area contributed by atoms with E-state index in [2.05, 4.69) is 5.32 Å². The number of halogens is 2. The maximum Gasteiger partial charge on any atom is 0.261 e. The van der Waals surface area contributed by atoms with E-state index in [1.54, 1.807) is 18.2 Å². The predicted molar refractivity (Wildman–Crippen MR) is 126 cm³/mol. The van der Waals surface area contributed by atoms with Gasteiger partial charge >= 0.3 is 0 Å². The van der Waals surface area contributed by atoms with Gasteiger partial charge in [0.2, 0.25) is 5.91 Å². The van der Waals surface area contributed by atoms with Crippen molar-refractivity contribution in [3.8, 4) is 5.75 Å². The lowest BCUT2D eigenvalue weighted by Crippen LogP contribution is -2.54. The lowest BCUT2D eigenvalue weighted by molar-refractivity contribution is -0.143. The molecule has 0 aliphatic heterocycles. The third-order valence-corrected chi connectivity index (χ3v) is 5.43. The molecule has 0 aromatic heterocycles. The molecule has 1 N–H and O–H groups in total. The fourth-order valence-electron chi connectivity index (χ4n) is 3.17. The number of hydrogen-bond acceptors (Lipinski definition) is 3. The molecule has 0 aliphatic carbocycles. The van der Waals surface area contributed by atoms with Gasteiger partial charge in [-0.25, -0.2) is 0 Å². The molecule has 5 nitrogen and oxygen atoms in total. The van der Waals surface area contributed by atoms with Gasteiger partial charge in [0.25, 0.3) is 5.91 Å². The highest BCUT2D eigenvalue weighted by molar-refractivity contribution is 6.36. The van der Waals surface area contributed by atoms with Crippen molar-refractivity contribution >= 4 is 35.0 Å². The Balaban J connectivity index is 2.32. The number of hydrogen-bond donors (Lipinski definition) is 1. The van der Waals surface area contributed by atoms with Crippen LogP contribution in [0.5, 0.6) is 5.75 Å². The Morgan fingerprint density at radius 3 is 2.23 bits per heavy atom. The molecule has 0 radical (unpaired) electrons. The molecule has 0 bridgehead atoms. The summed E-state index contributed by atoms with van der Waals surface area (Å²) in [6.07, 6.45) is 0.431. The SMILES string of the molecule is CC[C@H](C(=O)NC(C)(C)C)N(Cc1c(Cl)cccc1Cl)C(=O)COc1ccccc1C. The first-order chi connectivity index (χ1) is 14.5. The van der Waals surface area contributed by atoms with Crippen molar-refractivity contribution < 1.29 is 14.3 Å². The lowest BCUT2D eigenvalue weighted by atomic mass is 10.1. The van der Waals surface area contributed by atoms with Crippen molar-refractivity contribution in [2.45, 2.75) is 59.2 Å². The Morgan fingerprint density at radius 1 is 1.06 bits per heavy atom. The number of nitrogens with one attached hydrogen (secondary N) is 1. The first-order valence-electron chi connectivity index (χ1n) is 10.3. The summed E-state index contributed by atoms with van der Waals surface area (Å²) in [5.74, 6) is 0.0660. The van der Waals surface area contributed by atoms with Gasteiger partial charge in [-0.3, -0.25) is 9.59 Å². The van der Waals surface area contributed by atoms with E-state index < -0.39 is 11.6 Å². The molecular formula is C24H30Cl2N2O3. The smallest absolute Gasteiger partial charge is 0.261 e. The summed E-state index contributed by atoms with van der Waals surface area (Å²) in [6, 6.07) is 11.9. The largest absolute Gasteiger partial charge is 0.484 e. The van der Waals surface area contributed by atoms with Gasteiger partial charge in [0.15, 0.2) is 6.61 Å². The fourth-order valence-corrected chi connectivity index (χ4v) is 3.68. The molecule has 31 heavy (non-hydrogen) atoms. The van der Waals surface area contributed by atoms with Gasteiger partial charge in [-0.05, 0) is 57.9 Å². The van der Waals surface area contributed by atoms with Crippen molar-refractivity contribution in [3.63, 3.8) is 0 Å². The van der Waals surface area contributed by atoms with E-state index in [9.17, 15) is 9.59 Å². The fraction of sp³-hybridized carbons (Fsp3) is 0.417. The van der Waals surface area contributed by atoms with E-state index in [1.807, 2.05) is 58.9 Å². The van der Waals surface area contributed by atoms with Crippen LogP contribution in [0.2, 0.25) is 10.0 Å². The van der Waals surface area contributed by atoms with E-state index in [0.717, 1.165) is 5.56 Å². The number of amides is 2. The molecule has 2 rings (SSSR count). The highest BCUT2D eigenvalue weighted by Crippen LogP contribution is 2.27. The van der Waals surface area contributed by atoms with Crippen molar-refractivity contribution in [1.82, 2.24) is 10.2 Å². The molecule has 0 saturated heterocycles. The van der Waals surface area contributed by atoms with Crippen molar-refractivity contribution in [2.24, 2.45) is 0 Å². The number of carbonyl (C=O) groups excluding carboxylic acids is 2. The quantitative estimate of drug-likeness (QED) is 0.568. The van der Waals surface area contributed by atoms with Gasteiger partial charge in [-0.1, -0.05) is 54.4 Å². The Hall–Kier alpha value is -2.24. The summed E-state index contributed by atoms with van der Waals surface area (Å²) in [7, 11) is 0. The summed E-state index contributed by atoms with van der Waals surface area (Å²) in [5, 5.41) is 3.85. The van der Waals surface area contributed by atoms with Gasteiger partial charge < -0.3 is 15.0 Å². The van der Waals surface area contributed by atoms with E-state index in [0.29, 0.717) is 27.8 Å². The Bertz CT molecular complexity index is 905. The van der Waals surface area contributed by atoms with Crippen LogP contribution in [0.1, 0.15) is 45.2 Å². The zero-order chi connectivity index (χ0) is 23.2. The highest BCUT2D eigenvalue weighted by atomic mass is 35.5. The van der Waals surface area contributed by atoms with E-state index in [-0.39, 0.29) is 25.0 Å². The number of aryl methyl sites for hydroxylation is 1. The van der Waals surface area contributed by atoms with Crippen LogP contribution in [-0.4, -0.2) is 34.9 Å². The zero-order valence-corrected chi connectivity index (χ0v) is 20.2. The summed E-state index contributed by atoms with van der Waals surface area (Å²) < 4.78 is 5.76. The molecule has 0 aliphatic rings. The first-order valence-corrected chi connectivity index (χ1v) is 11.0. The van der Waals surface area contributed by atoms with Crippen LogP contribution in [0.15, 0.2) is 42.5 Å². The zero-order valence-electron chi connectivity index (χ0n) is 18.7. The highest BCUT2D eigenvalue weighted by Gasteiger charge is 2.31. The monoisotopic (exact) mass is 464 g/mol. The molecule has 0 spiro atoms. The van der Waals surface area contributed by atoms with Gasteiger partial charge in [-0.15, -0.1) is 0 Å². The maximum absolute atomic E-state index is 13.3. The molecule has 1 atom stereocenters. The number of rotatable bonds is 8. The third kappa shape index (κ3) is 7.15. The predicted octanol–water partition coefficient (Wildman–Crippen LogP) is 5.40. The number of carbonyl (C=O) groups is 2. The molecule has 2 aromatic carbocycles. The van der Waals surface area contributed by atoms with Crippen molar-refractivity contribution in [2.75, 3.05) is 6.61 Å². The molecule has 0 unspecified atom stereocenters. The molecule has 0 fully saturated rings. The molecule has 0 heterocycles. The summed E-state index contributed by atoms with van der Waals surface area (Å²) >= 11 is 12.7. The van der Waals surface area contributed by atoms with Gasteiger partial charge in [0.1, 0.15) is 11.8 Å². The van der Waals surface area contributed by atoms with Gasteiger partial charge in [-0.2, -0.15) is 0 Å². The minimum Gasteiger partial charge on any atom is -0.484 e. The molecular weight excluding hydrogens is 435 g/mol. The van der Waals surface area contributed by atoms with Crippen LogP contribution in [-0.2, 0) is 16.1 Å². The Morgan fingerprint density at radius 2 is 1.68 bits per heavy atom. The van der Waals surface area contributed by atoms with Crippen molar-refractivity contribution in [3.05, 3.63) is 63.6 Å². The van der Waals surface area contributed by atoms with E-state index in [4.69, 9.17) is 27.9 Å². The van der Waals surface area contributed by atoms with Crippen LogP contribution >= 0.6 is 23.2 Å². The van der Waals surface area contributed by atoms with Crippen LogP contribution in [0.25, 0.3) is 0 Å². The number of benzene rings is 2. The van der Waals surface area contributed by atoms with Gasteiger partial charge in [0.05, 0.1) is 0 Å². The summed E-state index contributed by atoms with van der Waals surface area (Å²) in [5.41, 5.74) is 1.09. The second-order valence-electron chi connectivity index (χ2n) is 8.44. The minimum absolute atomic E-state index is 0.102. The normalized spacial score (nSPS) is 12.2. The first kappa shape index (κ1) is 25.0. The number of ether oxygens (including phenoxy) is 1. The molecule has 168 valence electrons.